The van der Waals surface area contributed by atoms with Gasteiger partial charge in [-0.25, -0.2) is 0 Å². The fourth-order valence-electron chi connectivity index (χ4n) is 14.3. The molecule has 2 aromatic carbocycles. The number of carbonyl (C=O) groups excluding carboxylic acids is 2. The number of cyclic esters (lactones) is 1. The van der Waals surface area contributed by atoms with Crippen molar-refractivity contribution < 1.29 is 58.8 Å². The summed E-state index contributed by atoms with van der Waals surface area (Å²) in [6.07, 6.45) is 3.42. The van der Waals surface area contributed by atoms with Crippen molar-refractivity contribution in [2.45, 2.75) is 263 Å². The number of carbonyl (C=O) groups is 2. The smallest absolute Gasteiger partial charge is 0.126 e. The van der Waals surface area contributed by atoms with Crippen molar-refractivity contribution in [1.82, 2.24) is 9.80 Å². The molecule has 18 atom stereocenters. The fraction of sp³-hybridized carbons (Fsp3) is 0.781. The van der Waals surface area contributed by atoms with Crippen molar-refractivity contribution in [3.05, 3.63) is 60.7 Å². The third-order valence-corrected chi connectivity index (χ3v) is 25.0. The van der Waals surface area contributed by atoms with Gasteiger partial charge in [0.15, 0.2) is 6.29 Å². The molecule has 0 saturated carbocycles. The summed E-state index contributed by atoms with van der Waals surface area (Å²) in [4.78, 5) is 33.0. The number of ether oxygens (including phenoxy) is 5. The number of nitrogens with zero attached hydrogens (tertiary/aromatic N) is 2. The molecule has 3 saturated heterocycles. The standard InChI is InChI=1S/C64H109N2O12P/c1-16-53-64(12,73)57(69)47(8)66(54(67)36-30-22-20-18-17-19-21-23-31-37-79(42(2)3,49-32-26-24-27-33-49)50-34-28-25-29-35-50)41-43(4)39-62(10,72)59(78-61-56(68)51(65(13)14)38-44(5)75-61)45(6)55(46(7)60(71)77-53)52-40-63(11,74-15)58(70)48(9)76-52/h24-29,32-35,42-48,51-53,55-59,61,68-70,72-73,79H,16-23,30-31,36-41H2,1-15H3/t43-,44-,45+,46-,47-,48+,51+,52?,53-,55+,56-,57-,58+,59-,61+,62-,63-,64-/m1/s1. The van der Waals surface area contributed by atoms with Crippen LogP contribution in [-0.4, -0.2) is 171 Å². The summed E-state index contributed by atoms with van der Waals surface area (Å²) in [7, 11) is 3.38. The van der Waals surface area contributed by atoms with Crippen molar-refractivity contribution in [3.8, 4) is 0 Å². The van der Waals surface area contributed by atoms with Crippen LogP contribution in [0.1, 0.15) is 173 Å². The molecular formula is C64H109N2O12P. The zero-order valence-electron chi connectivity index (χ0n) is 51.3. The number of aliphatic hydroxyl groups excluding tert-OH is 3. The minimum absolute atomic E-state index is 0.112. The van der Waals surface area contributed by atoms with E-state index in [9.17, 15) is 35.1 Å². The van der Waals surface area contributed by atoms with E-state index in [-0.39, 0.29) is 56.2 Å². The Morgan fingerprint density at radius 2 is 1.34 bits per heavy atom. The number of benzene rings is 2. The van der Waals surface area contributed by atoms with Crippen molar-refractivity contribution in [2.24, 2.45) is 23.7 Å². The van der Waals surface area contributed by atoms with E-state index in [0.29, 0.717) is 18.5 Å². The number of methoxy groups -OCH3 is 1. The molecule has 15 heteroatoms. The molecule has 0 radical (unpaired) electrons. The van der Waals surface area contributed by atoms with Crippen molar-refractivity contribution in [3.63, 3.8) is 0 Å². The summed E-state index contributed by atoms with van der Waals surface area (Å²) in [6.45, 7) is 22.7. The maximum absolute atomic E-state index is 14.8. The average Bonchev–Trinajstić information content (AvgIpc) is 3.41. The Kier molecular flexibility index (Phi) is 25.3. The molecule has 3 fully saturated rings. The summed E-state index contributed by atoms with van der Waals surface area (Å²) < 4.78 is 32.1. The van der Waals surface area contributed by atoms with Gasteiger partial charge in [-0.15, -0.1) is 0 Å². The van der Waals surface area contributed by atoms with Crippen LogP contribution in [0, 0.1) is 23.7 Å². The molecule has 5 N–H and O–H groups in total. The molecule has 1 amide bonds. The van der Waals surface area contributed by atoms with Crippen molar-refractivity contribution in [1.29, 1.82) is 0 Å². The van der Waals surface area contributed by atoms with Gasteiger partial charge in [0.25, 0.3) is 0 Å². The molecular weight excluding hydrogens is 1020 g/mol. The second-order valence-corrected chi connectivity index (χ2v) is 30.6. The van der Waals surface area contributed by atoms with E-state index >= 15 is 0 Å². The quantitative estimate of drug-likeness (QED) is 0.0454. The topological polar surface area (TPSA) is 188 Å². The predicted octanol–water partition coefficient (Wildman–Crippen LogP) is 8.78. The number of esters is 1. The van der Waals surface area contributed by atoms with Gasteiger partial charge in [0.1, 0.15) is 30.0 Å². The molecule has 0 spiro atoms. The predicted molar refractivity (Wildman–Crippen MR) is 319 cm³/mol. The molecule has 2 aromatic rings. The van der Waals surface area contributed by atoms with Crippen LogP contribution in [0.15, 0.2) is 60.7 Å². The van der Waals surface area contributed by atoms with Crippen LogP contribution in [0.4, 0.5) is 0 Å². The number of hydrogen-bond acceptors (Lipinski definition) is 13. The molecule has 3 aliphatic heterocycles. The summed E-state index contributed by atoms with van der Waals surface area (Å²) in [5.41, 5.74) is -4.12. The van der Waals surface area contributed by atoms with E-state index in [0.717, 1.165) is 25.7 Å². The first-order valence-electron chi connectivity index (χ1n) is 30.5. The molecule has 452 valence electrons. The Labute approximate surface area is 477 Å². The van der Waals surface area contributed by atoms with Gasteiger partial charge in [-0.05, 0) is 86.7 Å². The second-order valence-electron chi connectivity index (χ2n) is 25.9. The van der Waals surface area contributed by atoms with E-state index in [2.05, 4.69) is 74.5 Å². The van der Waals surface area contributed by atoms with Gasteiger partial charge >= 0.3 is 180 Å². The first-order chi connectivity index (χ1) is 37.2. The number of amides is 1. The molecule has 0 aromatic heterocycles. The van der Waals surface area contributed by atoms with Gasteiger partial charge in [0.2, 0.25) is 0 Å². The molecule has 3 heterocycles. The third-order valence-electron chi connectivity index (χ3n) is 19.1. The van der Waals surface area contributed by atoms with Crippen LogP contribution >= 0.6 is 7.26 Å². The zero-order chi connectivity index (χ0) is 58.6. The van der Waals surface area contributed by atoms with Gasteiger partial charge in [0, 0.05) is 32.0 Å². The van der Waals surface area contributed by atoms with Crippen LogP contribution in [-0.2, 0) is 33.3 Å². The normalized spacial score (nSPS) is 36.9. The Bertz CT molecular complexity index is 2090. The van der Waals surface area contributed by atoms with Crippen LogP contribution in [0.2, 0.25) is 0 Å². The van der Waals surface area contributed by atoms with Gasteiger partial charge in [-0.3, -0.25) is 9.59 Å². The SMILES string of the molecule is CC[C@H]1OC(=O)[C@H](C)[C@@H](C2C[C@@](C)(OC)[C@@H](O)[C@H](C)O2)[C@H](C)[C@@H](O[C@@H]2O[C@H](C)C[C@H](N(C)C)[C@H]2O)[C@](C)(O)C[C@@H](C)CN(C(=O)CCCCCCCCCCC[PH](c2ccccc2)(c2ccccc2)C(C)C)[C@H](C)[C@@H](O)[C@]1(C)O. The Morgan fingerprint density at radius 1 is 0.797 bits per heavy atom. The Morgan fingerprint density at radius 3 is 1.86 bits per heavy atom. The van der Waals surface area contributed by atoms with Crippen LogP contribution in [0.25, 0.3) is 0 Å². The molecule has 0 aliphatic carbocycles. The summed E-state index contributed by atoms with van der Waals surface area (Å²) >= 11 is 0. The largest absolute Gasteiger partial charge is 0.388 e. The molecule has 5 rings (SSSR count). The minimum atomic E-state index is -1.98. The van der Waals surface area contributed by atoms with Crippen LogP contribution in [0.3, 0.4) is 0 Å². The Balaban J connectivity index is 1.32. The van der Waals surface area contributed by atoms with E-state index in [4.69, 9.17) is 23.7 Å². The van der Waals surface area contributed by atoms with Gasteiger partial charge in [0.05, 0.1) is 47.6 Å². The van der Waals surface area contributed by atoms with E-state index in [1.54, 1.807) is 39.5 Å². The van der Waals surface area contributed by atoms with E-state index < -0.39 is 103 Å². The molecule has 79 heavy (non-hydrogen) atoms. The summed E-state index contributed by atoms with van der Waals surface area (Å²) in [6, 6.07) is 21.2. The molecule has 3 aliphatic rings. The second kappa shape index (κ2) is 29.8. The first-order valence-corrected chi connectivity index (χ1v) is 32.7. The summed E-state index contributed by atoms with van der Waals surface area (Å²) in [5.74, 6) is -3.59. The minimum Gasteiger partial charge on any atom is -0.388 e. The molecule has 0 bridgehead atoms. The number of rotatable bonds is 21. The number of aliphatic hydroxyl groups is 5. The van der Waals surface area contributed by atoms with Gasteiger partial charge in [-0.2, -0.15) is 0 Å². The Hall–Kier alpha value is -2.59. The maximum Gasteiger partial charge on any atom is 0.126 e. The average molecular weight is 1130 g/mol. The molecule has 1 unspecified atom stereocenters. The first kappa shape index (κ1) is 67.2. The van der Waals surface area contributed by atoms with Crippen molar-refractivity contribution in [2.75, 3.05) is 33.9 Å². The number of likely N-dealkylation sites (N-methyl/N-ethyl adjacent to an activating group) is 1. The van der Waals surface area contributed by atoms with E-state index in [1.165, 1.54) is 56.5 Å². The monoisotopic (exact) mass is 1130 g/mol. The summed E-state index contributed by atoms with van der Waals surface area (Å²) in [5, 5.41) is 63.9. The molecule has 14 nitrogen and oxygen atoms in total. The maximum atomic E-state index is 14.8. The van der Waals surface area contributed by atoms with Crippen molar-refractivity contribution >= 4 is 29.7 Å². The van der Waals surface area contributed by atoms with Crippen LogP contribution < -0.4 is 10.6 Å². The number of unbranched alkanes of at least 4 members (excludes halogenated alkanes) is 8. The van der Waals surface area contributed by atoms with E-state index in [1.807, 2.05) is 46.7 Å². The number of hydrogen-bond donors (Lipinski definition) is 5. The van der Waals surface area contributed by atoms with Gasteiger partial charge < -0.3 is 59.0 Å². The zero-order valence-corrected chi connectivity index (χ0v) is 52.3. The fourth-order valence-corrected chi connectivity index (χ4v) is 19.5. The van der Waals surface area contributed by atoms with Crippen LogP contribution in [0.5, 0.6) is 0 Å². The third kappa shape index (κ3) is 16.4. The van der Waals surface area contributed by atoms with Gasteiger partial charge in [-0.1, -0.05) is 27.7 Å².